The molecule has 1 atom stereocenters. The van der Waals surface area contributed by atoms with Crippen molar-refractivity contribution in [3.05, 3.63) is 11.3 Å². The normalized spacial score (nSPS) is 30.2. The first-order valence-corrected chi connectivity index (χ1v) is 9.93. The van der Waals surface area contributed by atoms with Crippen LogP contribution in [0.15, 0.2) is 11.3 Å². The second-order valence-corrected chi connectivity index (χ2v) is 7.69. The van der Waals surface area contributed by atoms with Crippen molar-refractivity contribution in [1.82, 2.24) is 20.9 Å². The van der Waals surface area contributed by atoms with Crippen molar-refractivity contribution >= 4 is 23.9 Å². The van der Waals surface area contributed by atoms with E-state index in [1.165, 1.54) is 0 Å². The third kappa shape index (κ3) is 3.57. The van der Waals surface area contributed by atoms with Gasteiger partial charge in [0.15, 0.2) is 0 Å². The van der Waals surface area contributed by atoms with Gasteiger partial charge in [0.1, 0.15) is 5.54 Å². The molecule has 1 saturated carbocycles. The largest absolute Gasteiger partial charge is 0.463 e. The van der Waals surface area contributed by atoms with Gasteiger partial charge in [0, 0.05) is 0 Å². The fraction of sp³-hybridized carbons (Fsp3) is 0.684. The number of carbonyl (C=O) groups excluding carboxylic acids is 4. The van der Waals surface area contributed by atoms with Crippen LogP contribution in [-0.4, -0.2) is 53.6 Å². The second-order valence-electron chi connectivity index (χ2n) is 7.69. The Labute approximate surface area is 164 Å². The Kier molecular flexibility index (Phi) is 5.62. The number of ether oxygens (including phenoxy) is 1. The van der Waals surface area contributed by atoms with Gasteiger partial charge in [-0.1, -0.05) is 13.3 Å². The molecule has 2 heterocycles. The number of amides is 5. The van der Waals surface area contributed by atoms with Crippen LogP contribution in [-0.2, 0) is 14.3 Å². The Bertz CT molecular complexity index is 724. The second kappa shape index (κ2) is 7.81. The van der Waals surface area contributed by atoms with Gasteiger partial charge >= 0.3 is 18.0 Å². The lowest BCUT2D eigenvalue weighted by Gasteiger charge is -2.34. The summed E-state index contributed by atoms with van der Waals surface area (Å²) in [5, 5.41) is 8.03. The summed E-state index contributed by atoms with van der Waals surface area (Å²) in [5.41, 5.74) is -0.425. The molecular weight excluding hydrogens is 364 g/mol. The molecule has 5 amide bonds. The van der Waals surface area contributed by atoms with Gasteiger partial charge in [-0.05, 0) is 45.4 Å². The average molecular weight is 392 g/mol. The summed E-state index contributed by atoms with van der Waals surface area (Å²) in [4.78, 5) is 51.0. The Morgan fingerprint density at radius 1 is 1.21 bits per heavy atom. The van der Waals surface area contributed by atoms with E-state index in [0.29, 0.717) is 18.8 Å². The van der Waals surface area contributed by atoms with Crippen molar-refractivity contribution < 1.29 is 23.9 Å². The quantitative estimate of drug-likeness (QED) is 0.483. The van der Waals surface area contributed by atoms with E-state index < -0.39 is 29.6 Å². The number of nitrogens with one attached hydrogen (secondary N) is 3. The van der Waals surface area contributed by atoms with Crippen LogP contribution in [0.4, 0.5) is 9.59 Å². The van der Waals surface area contributed by atoms with Gasteiger partial charge in [-0.3, -0.25) is 9.69 Å². The summed E-state index contributed by atoms with van der Waals surface area (Å²) < 4.78 is 5.08. The van der Waals surface area contributed by atoms with Crippen molar-refractivity contribution in [1.29, 1.82) is 0 Å². The zero-order chi connectivity index (χ0) is 20.5. The molecule has 154 valence electrons. The first-order chi connectivity index (χ1) is 13.3. The number of hydrogen-bond acceptors (Lipinski definition) is 5. The summed E-state index contributed by atoms with van der Waals surface area (Å²) in [7, 11) is 0. The Morgan fingerprint density at radius 3 is 2.50 bits per heavy atom. The Morgan fingerprint density at radius 2 is 1.89 bits per heavy atom. The molecule has 2 fully saturated rings. The molecule has 3 aliphatic rings. The zero-order valence-electron chi connectivity index (χ0n) is 16.6. The van der Waals surface area contributed by atoms with E-state index in [0.717, 1.165) is 24.2 Å². The maximum atomic E-state index is 13.1. The third-order valence-corrected chi connectivity index (χ3v) is 5.96. The molecule has 9 heteroatoms. The minimum absolute atomic E-state index is 0.171. The molecule has 9 nitrogen and oxygen atoms in total. The summed E-state index contributed by atoms with van der Waals surface area (Å²) >= 11 is 0. The molecular formula is C19H28N4O5. The van der Waals surface area contributed by atoms with Crippen molar-refractivity contribution in [3.63, 3.8) is 0 Å². The molecule has 0 aromatic carbocycles. The van der Waals surface area contributed by atoms with Gasteiger partial charge in [0.05, 0.1) is 30.5 Å². The number of imide groups is 1. The highest BCUT2D eigenvalue weighted by molar-refractivity contribution is 6.07. The van der Waals surface area contributed by atoms with Gasteiger partial charge < -0.3 is 20.7 Å². The lowest BCUT2D eigenvalue weighted by atomic mass is 9.75. The standard InChI is InChI=1S/C19H28N4O5/c1-4-12-6-8-19(9-7-12)16(25)23(18(27)22-19)10-13-14(15(24)28-5-2)11(3)20-17(26)21-13/h11-12H,4-10H2,1-3H3,(H,22,27)(H2,20,21,26)/t11-,12?,19?/m0/s1. The Balaban J connectivity index is 1.83. The van der Waals surface area contributed by atoms with Gasteiger partial charge in [-0.15, -0.1) is 0 Å². The van der Waals surface area contributed by atoms with Crippen molar-refractivity contribution in [3.8, 4) is 0 Å². The van der Waals surface area contributed by atoms with Gasteiger partial charge in [0.2, 0.25) is 0 Å². The van der Waals surface area contributed by atoms with Crippen LogP contribution in [0.3, 0.4) is 0 Å². The van der Waals surface area contributed by atoms with E-state index in [1.54, 1.807) is 13.8 Å². The maximum absolute atomic E-state index is 13.1. The number of rotatable bonds is 5. The monoisotopic (exact) mass is 392 g/mol. The molecule has 0 aromatic heterocycles. The average Bonchev–Trinajstić information content (AvgIpc) is 2.86. The lowest BCUT2D eigenvalue weighted by molar-refractivity contribution is -0.139. The molecule has 1 aliphatic carbocycles. The highest BCUT2D eigenvalue weighted by Crippen LogP contribution is 2.37. The molecule has 1 saturated heterocycles. The van der Waals surface area contributed by atoms with Crippen LogP contribution < -0.4 is 16.0 Å². The summed E-state index contributed by atoms with van der Waals surface area (Å²) in [6, 6.07) is -1.56. The van der Waals surface area contributed by atoms with Crippen molar-refractivity contribution in [2.75, 3.05) is 13.2 Å². The Hall–Kier alpha value is -2.58. The molecule has 3 N–H and O–H groups in total. The van der Waals surface area contributed by atoms with Crippen LogP contribution in [0, 0.1) is 5.92 Å². The first kappa shape index (κ1) is 20.2. The zero-order valence-corrected chi connectivity index (χ0v) is 16.6. The summed E-state index contributed by atoms with van der Waals surface area (Å²) in [6.45, 7) is 5.49. The van der Waals surface area contributed by atoms with Crippen molar-refractivity contribution in [2.45, 2.75) is 64.5 Å². The van der Waals surface area contributed by atoms with E-state index in [4.69, 9.17) is 4.74 Å². The van der Waals surface area contributed by atoms with E-state index in [1.807, 2.05) is 0 Å². The minimum atomic E-state index is -0.865. The molecule has 3 rings (SSSR count). The number of urea groups is 2. The van der Waals surface area contributed by atoms with E-state index in [9.17, 15) is 19.2 Å². The van der Waals surface area contributed by atoms with Crippen LogP contribution in [0.2, 0.25) is 0 Å². The molecule has 2 aliphatic heterocycles. The van der Waals surface area contributed by atoms with Crippen LogP contribution >= 0.6 is 0 Å². The predicted octanol–water partition coefficient (Wildman–Crippen LogP) is 1.40. The van der Waals surface area contributed by atoms with E-state index in [-0.39, 0.29) is 30.3 Å². The smallest absolute Gasteiger partial charge is 0.337 e. The van der Waals surface area contributed by atoms with Crippen LogP contribution in [0.25, 0.3) is 0 Å². The molecule has 0 bridgehead atoms. The molecule has 0 aromatic rings. The first-order valence-electron chi connectivity index (χ1n) is 9.93. The fourth-order valence-corrected chi connectivity index (χ4v) is 4.30. The number of esters is 1. The molecule has 1 spiro atoms. The SMILES string of the molecule is CCOC(=O)C1=C(CN2C(=O)NC3(CCC(CC)CC3)C2=O)NC(=O)N[C@H]1C. The van der Waals surface area contributed by atoms with Crippen LogP contribution in [0.5, 0.6) is 0 Å². The number of carbonyl (C=O) groups is 4. The predicted molar refractivity (Wildman–Crippen MR) is 100 cm³/mol. The van der Waals surface area contributed by atoms with Crippen LogP contribution in [0.1, 0.15) is 52.9 Å². The molecule has 28 heavy (non-hydrogen) atoms. The van der Waals surface area contributed by atoms with Gasteiger partial charge in [0.25, 0.3) is 5.91 Å². The summed E-state index contributed by atoms with van der Waals surface area (Å²) in [5.74, 6) is -0.294. The van der Waals surface area contributed by atoms with E-state index >= 15 is 0 Å². The molecule has 0 unspecified atom stereocenters. The highest BCUT2D eigenvalue weighted by Gasteiger charge is 2.52. The highest BCUT2D eigenvalue weighted by atomic mass is 16.5. The fourth-order valence-electron chi connectivity index (χ4n) is 4.30. The molecule has 0 radical (unpaired) electrons. The number of hydrogen-bond donors (Lipinski definition) is 3. The van der Waals surface area contributed by atoms with E-state index in [2.05, 4.69) is 22.9 Å². The van der Waals surface area contributed by atoms with Gasteiger partial charge in [-0.25, -0.2) is 14.4 Å². The van der Waals surface area contributed by atoms with Crippen molar-refractivity contribution in [2.24, 2.45) is 5.92 Å². The third-order valence-electron chi connectivity index (χ3n) is 5.96. The number of nitrogens with zero attached hydrogens (tertiary/aromatic N) is 1. The lowest BCUT2D eigenvalue weighted by Crippen LogP contribution is -2.52. The topological polar surface area (TPSA) is 117 Å². The summed E-state index contributed by atoms with van der Waals surface area (Å²) in [6.07, 6.45) is 4.08. The maximum Gasteiger partial charge on any atom is 0.337 e. The minimum Gasteiger partial charge on any atom is -0.463 e. The van der Waals surface area contributed by atoms with Gasteiger partial charge in [-0.2, -0.15) is 0 Å².